The van der Waals surface area contributed by atoms with E-state index < -0.39 is 0 Å². The zero-order valence-electron chi connectivity index (χ0n) is 16.8. The Morgan fingerprint density at radius 2 is 2.04 bits per heavy atom. The SMILES string of the molecule is CCCn1nc(C)cc1CN(C)C(=O)[C@H]1CCc2nn(CC)c(=O)n2CC1. The summed E-state index contributed by atoms with van der Waals surface area (Å²) in [4.78, 5) is 27.1. The number of carbonyl (C=O) groups excluding carboxylic acids is 1. The van der Waals surface area contributed by atoms with Crippen molar-refractivity contribution in [3.05, 3.63) is 33.8 Å². The summed E-state index contributed by atoms with van der Waals surface area (Å²) in [6.45, 7) is 8.58. The average molecular weight is 374 g/mol. The maximum atomic E-state index is 13.0. The summed E-state index contributed by atoms with van der Waals surface area (Å²) < 4.78 is 5.23. The first-order valence-corrected chi connectivity index (χ1v) is 9.89. The third-order valence-electron chi connectivity index (χ3n) is 5.26. The van der Waals surface area contributed by atoms with Crippen LogP contribution in [0.4, 0.5) is 0 Å². The Labute approximate surface area is 159 Å². The lowest BCUT2D eigenvalue weighted by Gasteiger charge is -2.23. The van der Waals surface area contributed by atoms with Gasteiger partial charge in [0.15, 0.2) is 0 Å². The second-order valence-electron chi connectivity index (χ2n) is 7.38. The number of carbonyl (C=O) groups is 1. The van der Waals surface area contributed by atoms with E-state index in [-0.39, 0.29) is 17.5 Å². The predicted molar refractivity (Wildman–Crippen MR) is 102 cm³/mol. The fourth-order valence-corrected chi connectivity index (χ4v) is 3.85. The van der Waals surface area contributed by atoms with E-state index in [9.17, 15) is 9.59 Å². The molecule has 3 rings (SSSR count). The Morgan fingerprint density at radius 1 is 1.26 bits per heavy atom. The molecule has 8 heteroatoms. The first-order valence-electron chi connectivity index (χ1n) is 9.89. The molecule has 1 atom stereocenters. The summed E-state index contributed by atoms with van der Waals surface area (Å²) in [5.41, 5.74) is 1.98. The minimum atomic E-state index is -0.0742. The van der Waals surface area contributed by atoms with Crippen LogP contribution in [-0.4, -0.2) is 42.0 Å². The molecule has 0 radical (unpaired) electrons. The number of fused-ring (bicyclic) bond motifs is 1. The van der Waals surface area contributed by atoms with E-state index in [0.29, 0.717) is 32.5 Å². The van der Waals surface area contributed by atoms with Crippen LogP contribution in [0, 0.1) is 12.8 Å². The Hall–Kier alpha value is -2.38. The third kappa shape index (κ3) is 3.99. The van der Waals surface area contributed by atoms with E-state index in [1.165, 1.54) is 4.68 Å². The normalized spacial score (nSPS) is 16.8. The largest absolute Gasteiger partial charge is 0.345 e. The van der Waals surface area contributed by atoms with Gasteiger partial charge < -0.3 is 4.90 Å². The average Bonchev–Trinajstić information content (AvgIpc) is 3.05. The van der Waals surface area contributed by atoms with Crippen LogP contribution in [0.5, 0.6) is 0 Å². The number of rotatable bonds is 6. The number of aromatic nitrogens is 5. The minimum Gasteiger partial charge on any atom is -0.340 e. The van der Waals surface area contributed by atoms with Crippen molar-refractivity contribution in [2.24, 2.45) is 5.92 Å². The molecule has 2 aromatic heterocycles. The molecule has 0 aliphatic carbocycles. The van der Waals surface area contributed by atoms with Crippen LogP contribution in [0.15, 0.2) is 10.9 Å². The van der Waals surface area contributed by atoms with Gasteiger partial charge in [0.25, 0.3) is 0 Å². The maximum Gasteiger partial charge on any atom is 0.345 e. The van der Waals surface area contributed by atoms with Gasteiger partial charge in [-0.3, -0.25) is 14.0 Å². The van der Waals surface area contributed by atoms with Crippen LogP contribution in [0.25, 0.3) is 0 Å². The summed E-state index contributed by atoms with van der Waals surface area (Å²) in [6.07, 6.45) is 3.09. The van der Waals surface area contributed by atoms with Gasteiger partial charge in [-0.05, 0) is 39.2 Å². The topological polar surface area (TPSA) is 78.0 Å². The van der Waals surface area contributed by atoms with E-state index in [4.69, 9.17) is 0 Å². The molecule has 1 aliphatic heterocycles. The van der Waals surface area contributed by atoms with Crippen LogP contribution >= 0.6 is 0 Å². The molecular formula is C19H30N6O2. The third-order valence-corrected chi connectivity index (χ3v) is 5.26. The first-order chi connectivity index (χ1) is 12.9. The van der Waals surface area contributed by atoms with E-state index >= 15 is 0 Å². The molecule has 0 spiro atoms. The standard InChI is InChI=1S/C19H30N6O2/c1-5-10-25-16(12-14(3)20-25)13-22(4)18(26)15-7-8-17-21-24(6-2)19(27)23(17)11-9-15/h12,15H,5-11,13H2,1-4H3/t15-/m0/s1. The highest BCUT2D eigenvalue weighted by Crippen LogP contribution is 2.21. The Bertz CT molecular complexity index is 862. The van der Waals surface area contributed by atoms with Crippen molar-refractivity contribution in [2.75, 3.05) is 7.05 Å². The molecule has 148 valence electrons. The minimum absolute atomic E-state index is 0.0621. The molecule has 8 nitrogen and oxygen atoms in total. The molecule has 0 bridgehead atoms. The highest BCUT2D eigenvalue weighted by Gasteiger charge is 2.27. The van der Waals surface area contributed by atoms with Gasteiger partial charge >= 0.3 is 5.69 Å². The fourth-order valence-electron chi connectivity index (χ4n) is 3.85. The van der Waals surface area contributed by atoms with E-state index in [0.717, 1.165) is 36.6 Å². The van der Waals surface area contributed by atoms with Crippen molar-refractivity contribution in [2.45, 2.75) is 72.6 Å². The summed E-state index contributed by atoms with van der Waals surface area (Å²) >= 11 is 0. The van der Waals surface area contributed by atoms with Crippen molar-refractivity contribution < 1.29 is 4.79 Å². The first kappa shape index (κ1) is 19.4. The molecular weight excluding hydrogens is 344 g/mol. The molecule has 0 aromatic carbocycles. The number of aryl methyl sites for hydroxylation is 4. The van der Waals surface area contributed by atoms with E-state index in [1.54, 1.807) is 9.47 Å². The quantitative estimate of drug-likeness (QED) is 0.769. The monoisotopic (exact) mass is 374 g/mol. The maximum absolute atomic E-state index is 13.0. The van der Waals surface area contributed by atoms with Gasteiger partial charge in [0.1, 0.15) is 5.82 Å². The summed E-state index contributed by atoms with van der Waals surface area (Å²) in [6, 6.07) is 2.05. The smallest absolute Gasteiger partial charge is 0.340 e. The summed E-state index contributed by atoms with van der Waals surface area (Å²) in [5.74, 6) is 0.866. The molecule has 27 heavy (non-hydrogen) atoms. The highest BCUT2D eigenvalue weighted by molar-refractivity contribution is 5.78. The van der Waals surface area contributed by atoms with Crippen molar-refractivity contribution in [1.29, 1.82) is 0 Å². The lowest BCUT2D eigenvalue weighted by atomic mass is 9.99. The van der Waals surface area contributed by atoms with Crippen LogP contribution in [0.3, 0.4) is 0 Å². The molecule has 3 heterocycles. The van der Waals surface area contributed by atoms with Gasteiger partial charge in [-0.2, -0.15) is 10.2 Å². The van der Waals surface area contributed by atoms with Crippen LogP contribution < -0.4 is 5.69 Å². The molecule has 2 aromatic rings. The molecule has 1 aliphatic rings. The Kier molecular flexibility index (Phi) is 5.82. The van der Waals surface area contributed by atoms with Gasteiger partial charge in [0.2, 0.25) is 5.91 Å². The van der Waals surface area contributed by atoms with Crippen LogP contribution in [-0.2, 0) is 37.4 Å². The van der Waals surface area contributed by atoms with Crippen molar-refractivity contribution in [3.8, 4) is 0 Å². The van der Waals surface area contributed by atoms with Gasteiger partial charge in [-0.1, -0.05) is 6.92 Å². The summed E-state index contributed by atoms with van der Waals surface area (Å²) in [7, 11) is 1.86. The molecule has 0 fully saturated rings. The second kappa shape index (κ2) is 8.10. The zero-order chi connectivity index (χ0) is 19.6. The zero-order valence-corrected chi connectivity index (χ0v) is 16.8. The molecule has 0 saturated carbocycles. The lowest BCUT2D eigenvalue weighted by molar-refractivity contribution is -0.135. The number of hydrogen-bond donors (Lipinski definition) is 0. The number of nitrogens with zero attached hydrogens (tertiary/aromatic N) is 6. The van der Waals surface area contributed by atoms with Crippen molar-refractivity contribution >= 4 is 5.91 Å². The fraction of sp³-hybridized carbons (Fsp3) is 0.684. The van der Waals surface area contributed by atoms with Gasteiger partial charge in [-0.15, -0.1) is 0 Å². The number of hydrogen-bond acceptors (Lipinski definition) is 4. The Morgan fingerprint density at radius 3 is 2.74 bits per heavy atom. The molecule has 0 saturated heterocycles. The van der Waals surface area contributed by atoms with E-state index in [2.05, 4.69) is 23.2 Å². The van der Waals surface area contributed by atoms with Gasteiger partial charge in [0, 0.05) is 39.0 Å². The predicted octanol–water partition coefficient (Wildman–Crippen LogP) is 1.59. The van der Waals surface area contributed by atoms with Crippen molar-refractivity contribution in [3.63, 3.8) is 0 Å². The molecule has 0 N–H and O–H groups in total. The Balaban J connectivity index is 1.67. The summed E-state index contributed by atoms with van der Waals surface area (Å²) in [5, 5.41) is 8.92. The lowest BCUT2D eigenvalue weighted by Crippen LogP contribution is -2.34. The van der Waals surface area contributed by atoms with Crippen molar-refractivity contribution in [1.82, 2.24) is 29.0 Å². The second-order valence-corrected chi connectivity index (χ2v) is 7.38. The number of amides is 1. The van der Waals surface area contributed by atoms with Gasteiger partial charge in [0.05, 0.1) is 17.9 Å². The highest BCUT2D eigenvalue weighted by atomic mass is 16.2. The molecule has 1 amide bonds. The van der Waals surface area contributed by atoms with Gasteiger partial charge in [-0.25, -0.2) is 9.48 Å². The van der Waals surface area contributed by atoms with E-state index in [1.807, 2.05) is 25.6 Å². The molecule has 0 unspecified atom stereocenters. The van der Waals surface area contributed by atoms with Crippen LogP contribution in [0.1, 0.15) is 50.3 Å². The van der Waals surface area contributed by atoms with Crippen LogP contribution in [0.2, 0.25) is 0 Å².